The van der Waals surface area contributed by atoms with Crippen LogP contribution in [0.4, 0.5) is 11.4 Å². The summed E-state index contributed by atoms with van der Waals surface area (Å²) in [7, 11) is 0. The van der Waals surface area contributed by atoms with Crippen LogP contribution in [0.5, 0.6) is 5.75 Å². The number of esters is 1. The molecule has 2 heterocycles. The number of hydrogen-bond acceptors (Lipinski definition) is 5. The van der Waals surface area contributed by atoms with Crippen LogP contribution in [-0.4, -0.2) is 30.2 Å². The minimum absolute atomic E-state index is 0.0814. The lowest BCUT2D eigenvalue weighted by molar-refractivity contribution is -0.139. The molecule has 0 spiro atoms. The lowest BCUT2D eigenvalue weighted by Crippen LogP contribution is -2.41. The van der Waals surface area contributed by atoms with E-state index < -0.39 is 23.7 Å². The maximum Gasteiger partial charge on any atom is 0.316 e. The van der Waals surface area contributed by atoms with E-state index in [1.807, 2.05) is 55.5 Å². The molecule has 0 N–H and O–H groups in total. The van der Waals surface area contributed by atoms with E-state index in [0.717, 1.165) is 34.4 Å². The number of nitrogens with zero attached hydrogens (tertiary/aromatic N) is 2. The average Bonchev–Trinajstić information content (AvgIpc) is 3.58. The molecule has 0 radical (unpaired) electrons. The lowest BCUT2D eigenvalue weighted by Gasteiger charge is -2.45. The summed E-state index contributed by atoms with van der Waals surface area (Å²) in [5, 5.41) is 0. The van der Waals surface area contributed by atoms with E-state index in [4.69, 9.17) is 4.74 Å². The Kier molecular flexibility index (Phi) is 6.27. The Hall–Kier alpha value is -5.04. The average molecular weight is 597 g/mol. The zero-order valence-electron chi connectivity index (χ0n) is 25.1. The van der Waals surface area contributed by atoms with Crippen molar-refractivity contribution in [3.8, 4) is 5.75 Å². The van der Waals surface area contributed by atoms with Crippen molar-refractivity contribution in [3.05, 3.63) is 124 Å². The maximum atomic E-state index is 14.1. The first-order valence-corrected chi connectivity index (χ1v) is 15.6. The van der Waals surface area contributed by atoms with Crippen LogP contribution < -0.4 is 14.5 Å². The number of anilines is 2. The number of imide groups is 1. The first kappa shape index (κ1) is 27.5. The Labute approximate surface area is 261 Å². The number of carbonyl (C=O) groups excluding carboxylic acids is 4. The second-order valence-corrected chi connectivity index (χ2v) is 12.6. The largest absolute Gasteiger partial charge is 0.426 e. The van der Waals surface area contributed by atoms with Gasteiger partial charge in [-0.2, -0.15) is 0 Å². The fraction of sp³-hybridized carbons (Fsp3) is 0.263. The quantitative estimate of drug-likeness (QED) is 0.162. The molecule has 4 aromatic rings. The first-order valence-electron chi connectivity index (χ1n) is 15.6. The third kappa shape index (κ3) is 4.10. The number of benzene rings is 4. The second kappa shape index (κ2) is 10.3. The molecule has 0 saturated carbocycles. The van der Waals surface area contributed by atoms with Gasteiger partial charge in [0.15, 0.2) is 0 Å². The number of ether oxygens (including phenoxy) is 1. The molecule has 5 aliphatic rings. The van der Waals surface area contributed by atoms with Crippen LogP contribution in [0.25, 0.3) is 0 Å². The zero-order chi connectivity index (χ0) is 31.0. The summed E-state index contributed by atoms with van der Waals surface area (Å²) in [6, 6.07) is 29.2. The first-order chi connectivity index (χ1) is 21.9. The molecule has 3 atom stereocenters. The minimum Gasteiger partial charge on any atom is -0.426 e. The fourth-order valence-corrected chi connectivity index (χ4v) is 8.08. The Morgan fingerprint density at radius 1 is 0.778 bits per heavy atom. The van der Waals surface area contributed by atoms with Gasteiger partial charge in [0, 0.05) is 30.5 Å². The molecule has 2 saturated heterocycles. The summed E-state index contributed by atoms with van der Waals surface area (Å²) in [6.45, 7) is 4.15. The molecule has 3 amide bonds. The van der Waals surface area contributed by atoms with E-state index in [1.165, 1.54) is 10.5 Å². The highest BCUT2D eigenvalue weighted by molar-refractivity contribution is 6.23. The van der Waals surface area contributed by atoms with Gasteiger partial charge in [0.2, 0.25) is 17.7 Å². The molecule has 2 aliphatic heterocycles. The lowest BCUT2D eigenvalue weighted by atomic mass is 9.55. The number of carbonyl (C=O) groups is 4. The van der Waals surface area contributed by atoms with Crippen LogP contribution in [0.1, 0.15) is 58.6 Å². The van der Waals surface area contributed by atoms with Crippen molar-refractivity contribution < 1.29 is 23.9 Å². The predicted octanol–water partition coefficient (Wildman–Crippen LogP) is 5.91. The molecular formula is C38H32N2O5. The van der Waals surface area contributed by atoms with E-state index in [9.17, 15) is 19.2 Å². The molecule has 0 unspecified atom stereocenters. The third-order valence-electron chi connectivity index (χ3n) is 10.2. The Morgan fingerprint density at radius 3 is 1.84 bits per heavy atom. The maximum absolute atomic E-state index is 14.1. The predicted molar refractivity (Wildman–Crippen MR) is 169 cm³/mol. The molecule has 2 bridgehead atoms. The highest BCUT2D eigenvalue weighted by Crippen LogP contribution is 2.61. The Bertz CT molecular complexity index is 1800. The summed E-state index contributed by atoms with van der Waals surface area (Å²) in [5.41, 5.74) is 7.63. The van der Waals surface area contributed by atoms with Crippen LogP contribution in [0.3, 0.4) is 0 Å². The summed E-state index contributed by atoms with van der Waals surface area (Å²) < 4.78 is 5.74. The number of amides is 3. The van der Waals surface area contributed by atoms with Crippen LogP contribution in [0.2, 0.25) is 0 Å². The van der Waals surface area contributed by atoms with Gasteiger partial charge in [0.05, 0.1) is 23.4 Å². The van der Waals surface area contributed by atoms with Gasteiger partial charge in [-0.1, -0.05) is 67.6 Å². The van der Waals surface area contributed by atoms with Gasteiger partial charge >= 0.3 is 5.97 Å². The minimum atomic E-state index is -0.591. The molecule has 45 heavy (non-hydrogen) atoms. The molecule has 2 fully saturated rings. The van der Waals surface area contributed by atoms with Crippen LogP contribution in [0, 0.1) is 24.7 Å². The molecule has 4 aromatic carbocycles. The smallest absolute Gasteiger partial charge is 0.316 e. The SMILES string of the molecule is CCc1ccc(N2C[C@@H](C(=O)Oc3ccc(N4C(=O)[C@@H]5C6c7ccccc7C(c7ccccc76)[C@@H]5C4=O)c(C)c3)CC2=O)cc1. The molecule has 3 aliphatic carbocycles. The Balaban J connectivity index is 1.03. The van der Waals surface area contributed by atoms with Crippen molar-refractivity contribution in [2.45, 2.75) is 38.5 Å². The van der Waals surface area contributed by atoms with Crippen LogP contribution >= 0.6 is 0 Å². The van der Waals surface area contributed by atoms with E-state index >= 15 is 0 Å². The summed E-state index contributed by atoms with van der Waals surface area (Å²) in [6.07, 6.45) is 0.990. The van der Waals surface area contributed by atoms with Crippen molar-refractivity contribution in [2.75, 3.05) is 16.3 Å². The highest BCUT2D eigenvalue weighted by atomic mass is 16.5. The Morgan fingerprint density at radius 2 is 1.33 bits per heavy atom. The van der Waals surface area contributed by atoms with E-state index in [2.05, 4.69) is 31.2 Å². The number of hydrogen-bond donors (Lipinski definition) is 0. The normalized spacial score (nSPS) is 24.5. The number of aryl methyl sites for hydroxylation is 2. The molecule has 224 valence electrons. The van der Waals surface area contributed by atoms with Gasteiger partial charge in [-0.3, -0.25) is 19.2 Å². The van der Waals surface area contributed by atoms with Crippen molar-refractivity contribution >= 4 is 35.1 Å². The van der Waals surface area contributed by atoms with Crippen LogP contribution in [-0.2, 0) is 25.6 Å². The summed E-state index contributed by atoms with van der Waals surface area (Å²) >= 11 is 0. The van der Waals surface area contributed by atoms with Crippen molar-refractivity contribution in [2.24, 2.45) is 17.8 Å². The monoisotopic (exact) mass is 596 g/mol. The highest BCUT2D eigenvalue weighted by Gasteiger charge is 2.61. The van der Waals surface area contributed by atoms with Crippen molar-refractivity contribution in [3.63, 3.8) is 0 Å². The second-order valence-electron chi connectivity index (χ2n) is 12.6. The van der Waals surface area contributed by atoms with Crippen LogP contribution in [0.15, 0.2) is 91.0 Å². The van der Waals surface area contributed by atoms with Crippen molar-refractivity contribution in [1.82, 2.24) is 0 Å². The van der Waals surface area contributed by atoms with E-state index in [1.54, 1.807) is 23.1 Å². The zero-order valence-corrected chi connectivity index (χ0v) is 25.1. The number of rotatable bonds is 5. The summed E-state index contributed by atoms with van der Waals surface area (Å²) in [4.78, 5) is 57.2. The molecule has 9 rings (SSSR count). The van der Waals surface area contributed by atoms with E-state index in [0.29, 0.717) is 17.0 Å². The van der Waals surface area contributed by atoms with Gasteiger partial charge in [0.25, 0.3) is 0 Å². The van der Waals surface area contributed by atoms with Gasteiger partial charge in [-0.05, 0) is 77.1 Å². The van der Waals surface area contributed by atoms with Crippen molar-refractivity contribution in [1.29, 1.82) is 0 Å². The van der Waals surface area contributed by atoms with Gasteiger partial charge in [-0.25, -0.2) is 4.90 Å². The molecule has 7 nitrogen and oxygen atoms in total. The molecule has 7 heteroatoms. The topological polar surface area (TPSA) is 84.0 Å². The third-order valence-corrected chi connectivity index (χ3v) is 10.2. The van der Waals surface area contributed by atoms with Gasteiger partial charge in [0.1, 0.15) is 5.75 Å². The van der Waals surface area contributed by atoms with E-state index in [-0.39, 0.29) is 42.5 Å². The fourth-order valence-electron chi connectivity index (χ4n) is 8.08. The van der Waals surface area contributed by atoms with Gasteiger partial charge in [-0.15, -0.1) is 0 Å². The molecule has 0 aromatic heterocycles. The molecular weight excluding hydrogens is 564 g/mol. The standard InChI is InChI=1S/C38H32N2O5/c1-3-22-12-14-24(15-13-22)39-20-23(19-31(39)41)38(44)45-25-16-17-30(21(2)18-25)40-36(42)34-32-26-8-4-5-9-27(26)33(35(34)37(40)43)29-11-7-6-10-28(29)32/h4-18,23,32-35H,3,19-20H2,1-2H3/t23-,32?,33?,34-,35+/m0/s1. The summed E-state index contributed by atoms with van der Waals surface area (Å²) in [5.74, 6) is -2.52. The van der Waals surface area contributed by atoms with Gasteiger partial charge < -0.3 is 9.64 Å².